The average Bonchev–Trinajstić information content (AvgIpc) is 2.56. The molecular weight excluding hydrogens is 347 g/mol. The predicted molar refractivity (Wildman–Crippen MR) is 99.3 cm³/mol. The summed E-state index contributed by atoms with van der Waals surface area (Å²) >= 11 is 12.3. The number of anilines is 1. The van der Waals surface area contributed by atoms with Crippen LogP contribution in [0.25, 0.3) is 0 Å². The molecule has 2 aromatic carbocycles. The fraction of sp³-hybridized carbons (Fsp3) is 0.278. The zero-order chi connectivity index (χ0) is 17.5. The van der Waals surface area contributed by atoms with E-state index >= 15 is 0 Å². The number of carbonyl (C=O) groups excluding carboxylic acids is 1. The van der Waals surface area contributed by atoms with Crippen molar-refractivity contribution in [3.63, 3.8) is 0 Å². The molecule has 0 aliphatic carbocycles. The zero-order valence-corrected chi connectivity index (χ0v) is 15.2. The van der Waals surface area contributed by atoms with E-state index in [1.165, 1.54) is 0 Å². The van der Waals surface area contributed by atoms with Gasteiger partial charge in [-0.3, -0.25) is 9.69 Å². The molecule has 0 aliphatic heterocycles. The summed E-state index contributed by atoms with van der Waals surface area (Å²) in [5.74, 6) is 0.639. The van der Waals surface area contributed by atoms with E-state index in [-0.39, 0.29) is 12.5 Å². The average molecular weight is 367 g/mol. The number of aryl methyl sites for hydroxylation is 1. The SMILES string of the molecule is Cc1ccc(Cl)c(NC(=O)CN(C)CCOc2ccccc2)c1Cl. The van der Waals surface area contributed by atoms with Gasteiger partial charge in [0.2, 0.25) is 5.91 Å². The van der Waals surface area contributed by atoms with Gasteiger partial charge in [-0.05, 0) is 37.7 Å². The van der Waals surface area contributed by atoms with Gasteiger partial charge in [0, 0.05) is 6.54 Å². The maximum absolute atomic E-state index is 12.2. The first kappa shape index (κ1) is 18.6. The van der Waals surface area contributed by atoms with Gasteiger partial charge in [0.1, 0.15) is 12.4 Å². The summed E-state index contributed by atoms with van der Waals surface area (Å²) in [6.07, 6.45) is 0. The molecule has 0 bridgehead atoms. The molecule has 0 spiro atoms. The number of nitrogens with zero attached hydrogens (tertiary/aromatic N) is 1. The Bertz CT molecular complexity index is 693. The van der Waals surface area contributed by atoms with Crippen LogP contribution in [0, 0.1) is 6.92 Å². The standard InChI is InChI=1S/C18H20Cl2N2O2/c1-13-8-9-15(19)18(17(13)20)21-16(23)12-22(2)10-11-24-14-6-4-3-5-7-14/h3-9H,10-12H2,1-2H3,(H,21,23). The van der Waals surface area contributed by atoms with Crippen LogP contribution in [0.3, 0.4) is 0 Å². The molecule has 0 aliphatic rings. The highest BCUT2D eigenvalue weighted by Crippen LogP contribution is 2.32. The van der Waals surface area contributed by atoms with E-state index in [9.17, 15) is 4.79 Å². The molecule has 6 heteroatoms. The molecular formula is C18H20Cl2N2O2. The summed E-state index contributed by atoms with van der Waals surface area (Å²) in [6.45, 7) is 3.21. The summed E-state index contributed by atoms with van der Waals surface area (Å²) < 4.78 is 5.61. The Morgan fingerprint density at radius 3 is 2.58 bits per heavy atom. The molecule has 2 rings (SSSR count). The monoisotopic (exact) mass is 366 g/mol. The second-order valence-electron chi connectivity index (χ2n) is 5.50. The highest BCUT2D eigenvalue weighted by atomic mass is 35.5. The maximum Gasteiger partial charge on any atom is 0.238 e. The van der Waals surface area contributed by atoms with Crippen molar-refractivity contribution in [3.05, 3.63) is 58.1 Å². The predicted octanol–water partition coefficient (Wildman–Crippen LogP) is 4.25. The number of rotatable bonds is 7. The Hall–Kier alpha value is -1.75. The summed E-state index contributed by atoms with van der Waals surface area (Å²) in [7, 11) is 1.85. The molecule has 0 atom stereocenters. The smallest absolute Gasteiger partial charge is 0.238 e. The molecule has 0 radical (unpaired) electrons. The number of nitrogens with one attached hydrogen (secondary N) is 1. The van der Waals surface area contributed by atoms with Gasteiger partial charge in [0.05, 0.1) is 22.3 Å². The number of hydrogen-bond acceptors (Lipinski definition) is 3. The lowest BCUT2D eigenvalue weighted by Crippen LogP contribution is -2.33. The lowest BCUT2D eigenvalue weighted by Gasteiger charge is -2.17. The molecule has 24 heavy (non-hydrogen) atoms. The van der Waals surface area contributed by atoms with E-state index in [1.54, 1.807) is 6.07 Å². The molecule has 2 aromatic rings. The van der Waals surface area contributed by atoms with Crippen LogP contribution in [0.4, 0.5) is 5.69 Å². The second kappa shape index (κ2) is 8.92. The van der Waals surface area contributed by atoms with Gasteiger partial charge in [-0.2, -0.15) is 0 Å². The van der Waals surface area contributed by atoms with Crippen LogP contribution in [0.1, 0.15) is 5.56 Å². The van der Waals surface area contributed by atoms with Crippen LogP contribution in [-0.4, -0.2) is 37.6 Å². The summed E-state index contributed by atoms with van der Waals surface area (Å²) in [6, 6.07) is 13.1. The summed E-state index contributed by atoms with van der Waals surface area (Å²) in [5.41, 5.74) is 1.32. The number of para-hydroxylation sites is 1. The first-order valence-electron chi connectivity index (χ1n) is 7.58. The lowest BCUT2D eigenvalue weighted by molar-refractivity contribution is -0.117. The van der Waals surface area contributed by atoms with Gasteiger partial charge < -0.3 is 10.1 Å². The van der Waals surface area contributed by atoms with E-state index in [0.29, 0.717) is 28.9 Å². The van der Waals surface area contributed by atoms with Gasteiger partial charge in [-0.15, -0.1) is 0 Å². The number of likely N-dealkylation sites (N-methyl/N-ethyl adjacent to an activating group) is 1. The van der Waals surface area contributed by atoms with Crippen molar-refractivity contribution in [3.8, 4) is 5.75 Å². The van der Waals surface area contributed by atoms with Crippen molar-refractivity contribution in [1.82, 2.24) is 4.90 Å². The fourth-order valence-corrected chi connectivity index (χ4v) is 2.58. The van der Waals surface area contributed by atoms with Gasteiger partial charge in [0.25, 0.3) is 0 Å². The normalized spacial score (nSPS) is 10.7. The Kier molecular flexibility index (Phi) is 6.91. The van der Waals surface area contributed by atoms with Crippen molar-refractivity contribution in [2.75, 3.05) is 32.1 Å². The van der Waals surface area contributed by atoms with Crippen LogP contribution in [0.2, 0.25) is 10.0 Å². The number of hydrogen-bond donors (Lipinski definition) is 1. The van der Waals surface area contributed by atoms with Crippen molar-refractivity contribution in [2.24, 2.45) is 0 Å². The van der Waals surface area contributed by atoms with Crippen LogP contribution < -0.4 is 10.1 Å². The van der Waals surface area contributed by atoms with E-state index in [0.717, 1.165) is 11.3 Å². The first-order chi connectivity index (χ1) is 11.5. The Labute approximate surface area is 152 Å². The first-order valence-corrected chi connectivity index (χ1v) is 8.34. The highest BCUT2D eigenvalue weighted by molar-refractivity contribution is 6.40. The molecule has 128 valence electrons. The van der Waals surface area contributed by atoms with Crippen LogP contribution in [-0.2, 0) is 4.79 Å². The molecule has 0 unspecified atom stereocenters. The molecule has 0 heterocycles. The second-order valence-corrected chi connectivity index (χ2v) is 6.29. The number of amides is 1. The minimum atomic E-state index is -0.174. The van der Waals surface area contributed by atoms with E-state index in [2.05, 4.69) is 5.32 Å². The lowest BCUT2D eigenvalue weighted by atomic mass is 10.2. The zero-order valence-electron chi connectivity index (χ0n) is 13.7. The Balaban J connectivity index is 1.81. The Morgan fingerprint density at radius 2 is 1.88 bits per heavy atom. The largest absolute Gasteiger partial charge is 0.492 e. The molecule has 0 aromatic heterocycles. The quantitative estimate of drug-likeness (QED) is 0.796. The van der Waals surface area contributed by atoms with Crippen LogP contribution >= 0.6 is 23.2 Å². The molecule has 1 N–H and O–H groups in total. The number of carbonyl (C=O) groups is 1. The number of ether oxygens (including phenoxy) is 1. The fourth-order valence-electron chi connectivity index (χ4n) is 2.11. The molecule has 0 saturated carbocycles. The number of halogens is 2. The van der Waals surface area contributed by atoms with Crippen molar-refractivity contribution >= 4 is 34.8 Å². The van der Waals surface area contributed by atoms with E-state index < -0.39 is 0 Å². The minimum Gasteiger partial charge on any atom is -0.492 e. The van der Waals surface area contributed by atoms with Gasteiger partial charge in [0.15, 0.2) is 0 Å². The van der Waals surface area contributed by atoms with Gasteiger partial charge in [-0.25, -0.2) is 0 Å². The maximum atomic E-state index is 12.2. The molecule has 0 fully saturated rings. The Morgan fingerprint density at radius 1 is 1.17 bits per heavy atom. The third-order valence-electron chi connectivity index (χ3n) is 3.45. The number of benzene rings is 2. The summed E-state index contributed by atoms with van der Waals surface area (Å²) in [5, 5.41) is 3.66. The third-order valence-corrected chi connectivity index (χ3v) is 4.25. The molecule has 1 amide bonds. The summed E-state index contributed by atoms with van der Waals surface area (Å²) in [4.78, 5) is 14.0. The van der Waals surface area contributed by atoms with Crippen molar-refractivity contribution in [1.29, 1.82) is 0 Å². The van der Waals surface area contributed by atoms with Crippen LogP contribution in [0.5, 0.6) is 5.75 Å². The topological polar surface area (TPSA) is 41.6 Å². The molecule has 4 nitrogen and oxygen atoms in total. The molecule has 0 saturated heterocycles. The van der Waals surface area contributed by atoms with Gasteiger partial charge in [-0.1, -0.05) is 47.5 Å². The third kappa shape index (κ3) is 5.41. The minimum absolute atomic E-state index is 0.174. The van der Waals surface area contributed by atoms with Crippen molar-refractivity contribution < 1.29 is 9.53 Å². The van der Waals surface area contributed by atoms with E-state index in [1.807, 2.05) is 55.3 Å². The highest BCUT2D eigenvalue weighted by Gasteiger charge is 2.13. The van der Waals surface area contributed by atoms with Crippen molar-refractivity contribution in [2.45, 2.75) is 6.92 Å². The van der Waals surface area contributed by atoms with E-state index in [4.69, 9.17) is 27.9 Å². The van der Waals surface area contributed by atoms with Crippen LogP contribution in [0.15, 0.2) is 42.5 Å². The van der Waals surface area contributed by atoms with Gasteiger partial charge >= 0.3 is 0 Å².